The van der Waals surface area contributed by atoms with Gasteiger partial charge < -0.3 is 9.12 Å². The van der Waals surface area contributed by atoms with Crippen molar-refractivity contribution in [2.24, 2.45) is 0 Å². The van der Waals surface area contributed by atoms with Gasteiger partial charge in [0.15, 0.2) is 0 Å². The molecule has 0 radical (unpaired) electrons. The summed E-state index contributed by atoms with van der Waals surface area (Å²) in [6.07, 6.45) is 1.10. The molecule has 5 nitrogen and oxygen atoms in total. The zero-order valence-corrected chi connectivity index (χ0v) is 12.0. The molecule has 0 N–H and O–H groups in total. The van der Waals surface area contributed by atoms with Crippen LogP contribution in [0.25, 0.3) is 11.0 Å². The van der Waals surface area contributed by atoms with Crippen LogP contribution in [0.2, 0.25) is 0 Å². The number of nitrogens with zero attached hydrogens (tertiary/aromatic N) is 2. The second-order valence-electron chi connectivity index (χ2n) is 4.14. The third-order valence-electron chi connectivity index (χ3n) is 2.83. The van der Waals surface area contributed by atoms with E-state index in [2.05, 4.69) is 4.98 Å². The van der Waals surface area contributed by atoms with Gasteiger partial charge in [0.25, 0.3) is 0 Å². The van der Waals surface area contributed by atoms with Crippen LogP contribution in [0.4, 0.5) is 0 Å². The van der Waals surface area contributed by atoms with E-state index in [0.717, 1.165) is 23.3 Å². The van der Waals surface area contributed by atoms with Crippen LogP contribution in [0, 0.1) is 0 Å². The molecule has 0 aliphatic carbocycles. The first kappa shape index (κ1) is 16.3. The first-order valence-electron chi connectivity index (χ1n) is 5.89. The monoisotopic (exact) mass is 274 g/mol. The van der Waals surface area contributed by atoms with E-state index in [1.54, 1.807) is 0 Å². The van der Waals surface area contributed by atoms with Gasteiger partial charge in [0.2, 0.25) is 0 Å². The van der Waals surface area contributed by atoms with Crippen LogP contribution in [-0.2, 0) is 23.1 Å². The van der Waals surface area contributed by atoms with E-state index in [1.165, 1.54) is 0 Å². The maximum absolute atomic E-state index is 10.6. The summed E-state index contributed by atoms with van der Waals surface area (Å²) in [7, 11) is -4.13. The van der Waals surface area contributed by atoms with Gasteiger partial charge in [-0.05, 0) is 18.6 Å². The zero-order chi connectivity index (χ0) is 13.2. The third kappa shape index (κ3) is 4.08. The molecular formula is C12H15LiN2O3S. The van der Waals surface area contributed by atoms with Gasteiger partial charge in [-0.15, -0.1) is 0 Å². The second kappa shape index (κ2) is 6.57. The molecule has 0 saturated carbocycles. The van der Waals surface area contributed by atoms with E-state index < -0.39 is 10.1 Å². The summed E-state index contributed by atoms with van der Waals surface area (Å²) in [5.41, 5.74) is 1.89. The molecule has 0 atom stereocenters. The number of imidazole rings is 1. The fourth-order valence-electron chi connectivity index (χ4n) is 2.04. The number of aryl methyl sites for hydroxylation is 2. The van der Waals surface area contributed by atoms with Crippen LogP contribution in [0.1, 0.15) is 19.2 Å². The maximum Gasteiger partial charge on any atom is 1.00 e. The normalized spacial score (nSPS) is 11.5. The van der Waals surface area contributed by atoms with Crippen LogP contribution < -0.4 is 18.9 Å². The summed E-state index contributed by atoms with van der Waals surface area (Å²) in [6.45, 7) is 2.51. The van der Waals surface area contributed by atoms with Gasteiger partial charge in [0.05, 0.1) is 21.2 Å². The van der Waals surface area contributed by atoms with Gasteiger partial charge in [-0.1, -0.05) is 19.1 Å². The van der Waals surface area contributed by atoms with Crippen molar-refractivity contribution in [1.82, 2.24) is 9.55 Å². The molecule has 0 aliphatic rings. The van der Waals surface area contributed by atoms with Gasteiger partial charge in [-0.2, -0.15) is 0 Å². The van der Waals surface area contributed by atoms with E-state index in [4.69, 9.17) is 0 Å². The fraction of sp³-hybridized carbons (Fsp3) is 0.417. The van der Waals surface area contributed by atoms with E-state index in [0.29, 0.717) is 13.0 Å². The van der Waals surface area contributed by atoms with Gasteiger partial charge in [0.1, 0.15) is 5.82 Å². The van der Waals surface area contributed by atoms with E-state index in [-0.39, 0.29) is 24.6 Å². The van der Waals surface area contributed by atoms with Gasteiger partial charge in [0, 0.05) is 18.7 Å². The first-order valence-corrected chi connectivity index (χ1v) is 7.46. The molecule has 98 valence electrons. The molecule has 0 saturated heterocycles. The number of rotatable bonds is 5. The van der Waals surface area contributed by atoms with Crippen LogP contribution >= 0.6 is 0 Å². The summed E-state index contributed by atoms with van der Waals surface area (Å²) in [5.74, 6) is 0.586. The van der Waals surface area contributed by atoms with Gasteiger partial charge in [-0.3, -0.25) is 0 Å². The Morgan fingerprint density at radius 2 is 2.00 bits per heavy atom. The van der Waals surface area contributed by atoms with Crippen molar-refractivity contribution >= 4 is 21.2 Å². The van der Waals surface area contributed by atoms with Crippen molar-refractivity contribution in [2.75, 3.05) is 5.75 Å². The SMILES string of the molecule is CCc1nc2ccccc2n1CCCS(=O)(=O)[O-].[Li+]. The quantitative estimate of drug-likeness (QED) is 0.493. The number of hydrogen-bond acceptors (Lipinski definition) is 4. The Labute approximate surface area is 125 Å². The van der Waals surface area contributed by atoms with Crippen LogP contribution in [0.5, 0.6) is 0 Å². The Morgan fingerprint density at radius 3 is 2.63 bits per heavy atom. The second-order valence-corrected chi connectivity index (χ2v) is 5.66. The van der Waals surface area contributed by atoms with Gasteiger partial charge in [-0.25, -0.2) is 13.4 Å². The predicted octanol–water partition coefficient (Wildman–Crippen LogP) is -1.46. The van der Waals surface area contributed by atoms with Crippen LogP contribution in [0.3, 0.4) is 0 Å². The Balaban J connectivity index is 0.00000180. The van der Waals surface area contributed by atoms with Crippen molar-refractivity contribution < 1.29 is 31.8 Å². The van der Waals surface area contributed by atoms with E-state index in [1.807, 2.05) is 35.8 Å². The molecule has 2 rings (SSSR count). The molecule has 19 heavy (non-hydrogen) atoms. The first-order chi connectivity index (χ1) is 8.51. The molecule has 2 aromatic rings. The summed E-state index contributed by atoms with van der Waals surface area (Å²) < 4.78 is 33.8. The molecule has 0 amide bonds. The smallest absolute Gasteiger partial charge is 0.748 e. The molecule has 0 spiro atoms. The van der Waals surface area contributed by atoms with Gasteiger partial charge >= 0.3 is 18.9 Å². The number of benzene rings is 1. The fourth-order valence-corrected chi connectivity index (χ4v) is 2.53. The van der Waals surface area contributed by atoms with Crippen LogP contribution in [0.15, 0.2) is 24.3 Å². The summed E-state index contributed by atoms with van der Waals surface area (Å²) >= 11 is 0. The number of fused-ring (bicyclic) bond motifs is 1. The Kier molecular flexibility index (Phi) is 5.62. The van der Waals surface area contributed by atoms with Crippen molar-refractivity contribution in [3.05, 3.63) is 30.1 Å². The van der Waals surface area contributed by atoms with Crippen molar-refractivity contribution in [1.29, 1.82) is 0 Å². The van der Waals surface area contributed by atoms with Crippen molar-refractivity contribution in [3.63, 3.8) is 0 Å². The average Bonchev–Trinajstić information content (AvgIpc) is 2.66. The van der Waals surface area contributed by atoms with Crippen molar-refractivity contribution in [3.8, 4) is 0 Å². The molecule has 1 aromatic carbocycles. The standard InChI is InChI=1S/C12H16N2O3S.Li/c1-2-12-13-10-6-3-4-7-11(10)14(12)8-5-9-18(15,16)17;/h3-4,6-7H,2,5,8-9H2,1H3,(H,15,16,17);/q;+1/p-1. The molecule has 0 unspecified atom stereocenters. The Bertz CT molecular complexity index is 652. The zero-order valence-electron chi connectivity index (χ0n) is 11.2. The van der Waals surface area contributed by atoms with E-state index >= 15 is 0 Å². The number of aromatic nitrogens is 2. The topological polar surface area (TPSA) is 75.0 Å². The summed E-state index contributed by atoms with van der Waals surface area (Å²) in [5, 5.41) is 0. The number of hydrogen-bond donors (Lipinski definition) is 0. The number of para-hydroxylation sites is 2. The Morgan fingerprint density at radius 1 is 1.32 bits per heavy atom. The molecule has 1 aromatic heterocycles. The molecule has 7 heteroatoms. The minimum Gasteiger partial charge on any atom is -0.748 e. The predicted molar refractivity (Wildman–Crippen MR) is 68.3 cm³/mol. The minimum atomic E-state index is -4.13. The van der Waals surface area contributed by atoms with E-state index in [9.17, 15) is 13.0 Å². The largest absolute Gasteiger partial charge is 1.00 e. The summed E-state index contributed by atoms with van der Waals surface area (Å²) in [6, 6.07) is 7.72. The molecule has 0 bridgehead atoms. The van der Waals surface area contributed by atoms with Crippen molar-refractivity contribution in [2.45, 2.75) is 26.3 Å². The molecule has 1 heterocycles. The molecular weight excluding hydrogens is 259 g/mol. The third-order valence-corrected chi connectivity index (χ3v) is 3.61. The minimum absolute atomic E-state index is 0. The molecule has 0 fully saturated rings. The average molecular weight is 274 g/mol. The Hall–Kier alpha value is -0.803. The summed E-state index contributed by atoms with van der Waals surface area (Å²) in [4.78, 5) is 4.48. The van der Waals surface area contributed by atoms with Crippen LogP contribution in [-0.4, -0.2) is 28.3 Å². The maximum atomic E-state index is 10.6. The molecule has 0 aliphatic heterocycles.